The molecule has 2 atom stereocenters. The Morgan fingerprint density at radius 3 is 2.40 bits per heavy atom. The first-order valence-corrected chi connectivity index (χ1v) is 12.3. The standard InChI is InChI=1S/C16H24N6O3.C8H10ClN/c17-15-2-1-3-16(15,18)11-21(10-15)14(24)22-9-12(8-19-22)13(23)20-4-6-25-7-5-20;1-10-6-7-4-2-3-5-8(7)9/h8-9H,1-7,10-11,17-18H2;2-5,10H,6H2,1H3. The lowest BCUT2D eigenvalue weighted by Gasteiger charge is -2.31. The molecule has 35 heavy (non-hydrogen) atoms. The molecule has 3 heterocycles. The Labute approximate surface area is 210 Å². The van der Waals surface area contributed by atoms with Crippen LogP contribution in [0.1, 0.15) is 35.2 Å². The van der Waals surface area contributed by atoms with E-state index < -0.39 is 11.1 Å². The van der Waals surface area contributed by atoms with E-state index in [9.17, 15) is 9.59 Å². The molecule has 2 saturated heterocycles. The monoisotopic (exact) mass is 503 g/mol. The summed E-state index contributed by atoms with van der Waals surface area (Å²) >= 11 is 5.86. The number of morpholine rings is 1. The number of nitrogens with zero attached hydrogens (tertiary/aromatic N) is 4. The first-order valence-electron chi connectivity index (χ1n) is 11.9. The minimum atomic E-state index is -0.526. The van der Waals surface area contributed by atoms with Gasteiger partial charge in [-0.1, -0.05) is 29.8 Å². The van der Waals surface area contributed by atoms with Crippen molar-refractivity contribution in [1.29, 1.82) is 0 Å². The van der Waals surface area contributed by atoms with Crippen LogP contribution in [0.2, 0.25) is 5.02 Å². The van der Waals surface area contributed by atoms with Crippen molar-refractivity contribution in [2.45, 2.75) is 36.9 Å². The van der Waals surface area contributed by atoms with Crippen LogP contribution in [-0.2, 0) is 11.3 Å². The Morgan fingerprint density at radius 2 is 1.77 bits per heavy atom. The summed E-state index contributed by atoms with van der Waals surface area (Å²) in [5, 5.41) is 7.95. The summed E-state index contributed by atoms with van der Waals surface area (Å²) in [5.41, 5.74) is 13.4. The molecule has 1 aromatic heterocycles. The summed E-state index contributed by atoms with van der Waals surface area (Å²) in [6.07, 6.45) is 5.57. The number of amides is 2. The molecule has 3 aliphatic rings. The number of fused-ring (bicyclic) bond motifs is 1. The fourth-order valence-corrected chi connectivity index (χ4v) is 5.23. The van der Waals surface area contributed by atoms with Crippen molar-refractivity contribution in [2.24, 2.45) is 11.5 Å². The molecule has 1 aliphatic carbocycles. The molecule has 0 radical (unpaired) electrons. The lowest BCUT2D eigenvalue weighted by atomic mass is 9.85. The van der Waals surface area contributed by atoms with E-state index in [4.69, 9.17) is 27.8 Å². The third kappa shape index (κ3) is 5.36. The number of aromatic nitrogens is 2. The Balaban J connectivity index is 0.000000243. The fraction of sp³-hybridized carbons (Fsp3) is 0.542. The zero-order valence-electron chi connectivity index (χ0n) is 20.1. The van der Waals surface area contributed by atoms with Crippen LogP contribution in [0.3, 0.4) is 0 Å². The SMILES string of the molecule is CNCc1ccccc1Cl.NC12CCCC1(N)CN(C(=O)n1cc(C(=O)N3CCOCC3)cn1)C2. The molecule has 190 valence electrons. The van der Waals surface area contributed by atoms with Crippen molar-refractivity contribution >= 4 is 23.5 Å². The minimum absolute atomic E-state index is 0.133. The molecule has 2 amide bonds. The number of nitrogens with two attached hydrogens (primary N) is 2. The molecule has 3 fully saturated rings. The zero-order valence-corrected chi connectivity index (χ0v) is 20.8. The molecule has 2 unspecified atom stereocenters. The quantitative estimate of drug-likeness (QED) is 0.574. The molecular weight excluding hydrogens is 470 g/mol. The third-order valence-electron chi connectivity index (χ3n) is 7.10. The van der Waals surface area contributed by atoms with E-state index >= 15 is 0 Å². The van der Waals surface area contributed by atoms with Crippen molar-refractivity contribution in [3.8, 4) is 0 Å². The van der Waals surface area contributed by atoms with E-state index in [0.717, 1.165) is 36.4 Å². The zero-order chi connectivity index (χ0) is 25.1. The highest BCUT2D eigenvalue weighted by atomic mass is 35.5. The number of carbonyl (C=O) groups excluding carboxylic acids is 2. The van der Waals surface area contributed by atoms with Gasteiger partial charge in [-0.3, -0.25) is 4.79 Å². The second-order valence-corrected chi connectivity index (χ2v) is 9.91. The number of rotatable bonds is 3. The van der Waals surface area contributed by atoms with Crippen molar-refractivity contribution in [3.63, 3.8) is 0 Å². The Hall–Kier alpha value is -2.50. The van der Waals surface area contributed by atoms with Gasteiger partial charge in [-0.15, -0.1) is 0 Å². The number of ether oxygens (including phenoxy) is 1. The van der Waals surface area contributed by atoms with Crippen LogP contribution < -0.4 is 16.8 Å². The number of halogens is 1. The van der Waals surface area contributed by atoms with Crippen molar-refractivity contribution in [3.05, 3.63) is 52.8 Å². The van der Waals surface area contributed by atoms with Gasteiger partial charge in [0.25, 0.3) is 5.91 Å². The van der Waals surface area contributed by atoms with Crippen LogP contribution in [-0.4, -0.2) is 89.0 Å². The predicted octanol–water partition coefficient (Wildman–Crippen LogP) is 1.28. The van der Waals surface area contributed by atoms with Crippen molar-refractivity contribution < 1.29 is 14.3 Å². The molecule has 5 rings (SSSR count). The van der Waals surface area contributed by atoms with Gasteiger partial charge in [0, 0.05) is 43.9 Å². The number of benzene rings is 1. The number of likely N-dealkylation sites (tertiary alicyclic amines) is 1. The van der Waals surface area contributed by atoms with E-state index in [-0.39, 0.29) is 11.9 Å². The van der Waals surface area contributed by atoms with Gasteiger partial charge in [0.2, 0.25) is 0 Å². The average Bonchev–Trinajstić information content (AvgIpc) is 3.52. The van der Waals surface area contributed by atoms with E-state index in [1.165, 1.54) is 17.1 Å². The molecule has 1 saturated carbocycles. The molecule has 11 heteroatoms. The van der Waals surface area contributed by atoms with Gasteiger partial charge in [0.1, 0.15) is 0 Å². The molecule has 0 bridgehead atoms. The lowest BCUT2D eigenvalue weighted by molar-refractivity contribution is 0.0303. The summed E-state index contributed by atoms with van der Waals surface area (Å²) in [6, 6.07) is 7.54. The van der Waals surface area contributed by atoms with Gasteiger partial charge in [-0.05, 0) is 37.9 Å². The van der Waals surface area contributed by atoms with Gasteiger partial charge >= 0.3 is 6.03 Å². The number of carbonyl (C=O) groups is 2. The van der Waals surface area contributed by atoms with E-state index in [1.807, 2.05) is 31.3 Å². The highest BCUT2D eigenvalue weighted by molar-refractivity contribution is 6.31. The van der Waals surface area contributed by atoms with E-state index in [0.29, 0.717) is 45.0 Å². The third-order valence-corrected chi connectivity index (χ3v) is 7.47. The molecule has 2 aliphatic heterocycles. The second kappa shape index (κ2) is 10.6. The summed E-state index contributed by atoms with van der Waals surface area (Å²) in [4.78, 5) is 28.6. The maximum absolute atomic E-state index is 12.7. The van der Waals surface area contributed by atoms with E-state index in [1.54, 1.807) is 9.80 Å². The maximum atomic E-state index is 12.7. The molecule has 1 aromatic carbocycles. The molecular formula is C24H34ClN7O3. The number of hydrogen-bond donors (Lipinski definition) is 3. The molecule has 2 aromatic rings. The Bertz CT molecular complexity index is 1040. The normalized spacial score (nSPS) is 25.7. The number of hydrogen-bond acceptors (Lipinski definition) is 7. The summed E-state index contributed by atoms with van der Waals surface area (Å²) in [5.74, 6) is -0.133. The first kappa shape index (κ1) is 25.6. The summed E-state index contributed by atoms with van der Waals surface area (Å²) in [6.45, 7) is 3.85. The fourth-order valence-electron chi connectivity index (χ4n) is 5.03. The molecule has 0 spiro atoms. The van der Waals surface area contributed by atoms with Crippen molar-refractivity contribution in [2.75, 3.05) is 46.4 Å². The predicted molar refractivity (Wildman–Crippen MR) is 133 cm³/mol. The van der Waals surface area contributed by atoms with Crippen LogP contribution in [0.25, 0.3) is 0 Å². The topological polar surface area (TPSA) is 132 Å². The average molecular weight is 504 g/mol. The summed E-state index contributed by atoms with van der Waals surface area (Å²) < 4.78 is 6.46. The highest BCUT2D eigenvalue weighted by Crippen LogP contribution is 2.41. The number of nitrogens with one attached hydrogen (secondary N) is 1. The van der Waals surface area contributed by atoms with Crippen LogP contribution in [0.15, 0.2) is 36.7 Å². The lowest BCUT2D eigenvalue weighted by Crippen LogP contribution is -2.61. The van der Waals surface area contributed by atoms with Gasteiger partial charge in [-0.25, -0.2) is 4.79 Å². The van der Waals surface area contributed by atoms with Gasteiger partial charge in [0.15, 0.2) is 0 Å². The molecule has 10 nitrogen and oxygen atoms in total. The Morgan fingerprint density at radius 1 is 1.11 bits per heavy atom. The largest absolute Gasteiger partial charge is 0.378 e. The smallest absolute Gasteiger partial charge is 0.344 e. The summed E-state index contributed by atoms with van der Waals surface area (Å²) in [7, 11) is 1.91. The Kier molecular flexibility index (Phi) is 7.77. The van der Waals surface area contributed by atoms with E-state index in [2.05, 4.69) is 10.4 Å². The van der Waals surface area contributed by atoms with Crippen LogP contribution in [0.5, 0.6) is 0 Å². The van der Waals surface area contributed by atoms with Crippen LogP contribution >= 0.6 is 11.6 Å². The molecule has 5 N–H and O–H groups in total. The van der Waals surface area contributed by atoms with Gasteiger partial charge in [-0.2, -0.15) is 9.78 Å². The highest BCUT2D eigenvalue weighted by Gasteiger charge is 2.57. The minimum Gasteiger partial charge on any atom is -0.378 e. The van der Waals surface area contributed by atoms with Crippen molar-refractivity contribution in [1.82, 2.24) is 24.9 Å². The first-order chi connectivity index (χ1) is 16.8. The van der Waals surface area contributed by atoms with Crippen LogP contribution in [0, 0.1) is 0 Å². The second-order valence-electron chi connectivity index (χ2n) is 9.50. The van der Waals surface area contributed by atoms with Crippen LogP contribution in [0.4, 0.5) is 4.79 Å². The van der Waals surface area contributed by atoms with Gasteiger partial charge in [0.05, 0.1) is 36.1 Å². The van der Waals surface area contributed by atoms with Gasteiger partial charge < -0.3 is 31.3 Å². The maximum Gasteiger partial charge on any atom is 0.344 e.